The van der Waals surface area contributed by atoms with Crippen LogP contribution in [0.5, 0.6) is 5.75 Å². The van der Waals surface area contributed by atoms with E-state index in [-0.39, 0.29) is 24.3 Å². The zero-order valence-corrected chi connectivity index (χ0v) is 10.4. The Morgan fingerprint density at radius 1 is 1.22 bits per heavy atom. The Bertz CT molecular complexity index is 452. The lowest BCUT2D eigenvalue weighted by molar-refractivity contribution is -0.154. The number of carboxylic acid groups (broad SMARTS) is 1. The fourth-order valence-corrected chi connectivity index (χ4v) is 1.79. The molecule has 1 aromatic carbocycles. The average molecular weight is 251 g/mol. The van der Waals surface area contributed by atoms with E-state index in [0.717, 1.165) is 0 Å². The lowest BCUT2D eigenvalue weighted by Gasteiger charge is -2.25. The van der Waals surface area contributed by atoms with Gasteiger partial charge in [0.15, 0.2) is 0 Å². The number of rotatable bonds is 5. The predicted molar refractivity (Wildman–Crippen MR) is 67.4 cm³/mol. The Labute approximate surface area is 105 Å². The van der Waals surface area contributed by atoms with Crippen molar-refractivity contribution in [3.63, 3.8) is 0 Å². The molecule has 18 heavy (non-hydrogen) atoms. The van der Waals surface area contributed by atoms with Gasteiger partial charge in [0, 0.05) is 0 Å². The van der Waals surface area contributed by atoms with Crippen molar-refractivity contribution in [3.05, 3.63) is 24.3 Å². The van der Waals surface area contributed by atoms with E-state index in [2.05, 4.69) is 5.32 Å². The highest BCUT2D eigenvalue weighted by atomic mass is 16.4. The number of hydrogen-bond acceptors (Lipinski definition) is 3. The van der Waals surface area contributed by atoms with Crippen LogP contribution in [0.25, 0.3) is 0 Å². The smallest absolute Gasteiger partial charge is 0.319 e. The van der Waals surface area contributed by atoms with Gasteiger partial charge in [-0.3, -0.25) is 9.59 Å². The monoisotopic (exact) mass is 251 g/mol. The van der Waals surface area contributed by atoms with E-state index in [9.17, 15) is 19.8 Å². The van der Waals surface area contributed by atoms with E-state index in [0.29, 0.717) is 0 Å². The van der Waals surface area contributed by atoms with Crippen molar-refractivity contribution in [3.8, 4) is 5.75 Å². The normalized spacial score (nSPS) is 11.0. The summed E-state index contributed by atoms with van der Waals surface area (Å²) in [4.78, 5) is 23.4. The molecule has 0 aliphatic heterocycles. The minimum absolute atomic E-state index is 0.0858. The molecule has 0 spiro atoms. The lowest BCUT2D eigenvalue weighted by atomic mass is 9.81. The largest absolute Gasteiger partial charge is 0.506 e. The summed E-state index contributed by atoms with van der Waals surface area (Å²) in [5.41, 5.74) is -1.24. The molecule has 1 amide bonds. The summed E-state index contributed by atoms with van der Waals surface area (Å²) < 4.78 is 0. The van der Waals surface area contributed by atoms with Gasteiger partial charge in [0.25, 0.3) is 0 Å². The second-order valence-corrected chi connectivity index (χ2v) is 4.07. The van der Waals surface area contributed by atoms with Crippen molar-refractivity contribution in [1.82, 2.24) is 0 Å². The Hall–Kier alpha value is -2.04. The van der Waals surface area contributed by atoms with Gasteiger partial charge in [0.2, 0.25) is 5.91 Å². The molecule has 0 saturated carbocycles. The fraction of sp³-hybridized carbons (Fsp3) is 0.385. The van der Waals surface area contributed by atoms with Gasteiger partial charge in [-0.05, 0) is 25.0 Å². The molecular formula is C13H17NO4. The van der Waals surface area contributed by atoms with Crippen molar-refractivity contribution in [2.75, 3.05) is 5.32 Å². The van der Waals surface area contributed by atoms with Crippen LogP contribution in [-0.2, 0) is 9.59 Å². The number of amides is 1. The molecule has 0 aromatic heterocycles. The van der Waals surface area contributed by atoms with Crippen molar-refractivity contribution >= 4 is 17.6 Å². The third kappa shape index (κ3) is 2.45. The molecule has 0 fully saturated rings. The number of hydrogen-bond donors (Lipinski definition) is 3. The molecule has 1 rings (SSSR count). The Morgan fingerprint density at radius 3 is 2.22 bits per heavy atom. The number of phenols is 1. The maximum atomic E-state index is 12.1. The van der Waals surface area contributed by atoms with Crippen LogP contribution in [0.3, 0.4) is 0 Å². The maximum Gasteiger partial charge on any atom is 0.319 e. The van der Waals surface area contributed by atoms with E-state index >= 15 is 0 Å². The van der Waals surface area contributed by atoms with Gasteiger partial charge in [0.05, 0.1) is 5.69 Å². The molecule has 5 nitrogen and oxygen atoms in total. The summed E-state index contributed by atoms with van der Waals surface area (Å²) in [6.07, 6.45) is 0.385. The number of benzene rings is 1. The van der Waals surface area contributed by atoms with Gasteiger partial charge in [0.1, 0.15) is 11.2 Å². The predicted octanol–water partition coefficient (Wildman–Crippen LogP) is 2.22. The molecule has 0 bridgehead atoms. The average Bonchev–Trinajstić information content (AvgIpc) is 2.34. The van der Waals surface area contributed by atoms with E-state index < -0.39 is 17.3 Å². The molecule has 5 heteroatoms. The van der Waals surface area contributed by atoms with Crippen LogP contribution in [0.4, 0.5) is 5.69 Å². The molecule has 0 heterocycles. The van der Waals surface area contributed by atoms with Gasteiger partial charge in [-0.25, -0.2) is 0 Å². The number of aromatic hydroxyl groups is 1. The summed E-state index contributed by atoms with van der Waals surface area (Å²) in [5, 5.41) is 21.2. The zero-order chi connectivity index (χ0) is 13.8. The van der Waals surface area contributed by atoms with Gasteiger partial charge in [-0.1, -0.05) is 26.0 Å². The summed E-state index contributed by atoms with van der Waals surface area (Å²) in [5.74, 6) is -1.85. The first-order valence-electron chi connectivity index (χ1n) is 5.80. The molecule has 0 atom stereocenters. The van der Waals surface area contributed by atoms with Crippen molar-refractivity contribution in [2.45, 2.75) is 26.7 Å². The second kappa shape index (κ2) is 5.53. The number of phenolic OH excluding ortho intramolecular Hbond substituents is 1. The van der Waals surface area contributed by atoms with Gasteiger partial charge < -0.3 is 15.5 Å². The molecule has 3 N–H and O–H groups in total. The molecule has 0 unspecified atom stereocenters. The fourth-order valence-electron chi connectivity index (χ4n) is 1.79. The van der Waals surface area contributed by atoms with Gasteiger partial charge in [-0.2, -0.15) is 0 Å². The topological polar surface area (TPSA) is 86.6 Å². The van der Waals surface area contributed by atoms with Crippen LogP contribution in [0.1, 0.15) is 26.7 Å². The van der Waals surface area contributed by atoms with E-state index in [1.807, 2.05) is 0 Å². The van der Waals surface area contributed by atoms with Crippen molar-refractivity contribution in [2.24, 2.45) is 5.41 Å². The van der Waals surface area contributed by atoms with Gasteiger partial charge in [-0.15, -0.1) is 0 Å². The summed E-state index contributed by atoms with van der Waals surface area (Å²) in [6.45, 7) is 3.31. The van der Waals surface area contributed by atoms with Crippen LogP contribution in [0, 0.1) is 5.41 Å². The molecule has 0 saturated heterocycles. The molecule has 0 aliphatic carbocycles. The highest BCUT2D eigenvalue weighted by Crippen LogP contribution is 2.30. The first kappa shape index (κ1) is 14.0. The van der Waals surface area contributed by atoms with Crippen LogP contribution in [0.15, 0.2) is 24.3 Å². The summed E-state index contributed by atoms with van der Waals surface area (Å²) in [6, 6.07) is 6.21. The molecule has 0 aliphatic rings. The van der Waals surface area contributed by atoms with Crippen LogP contribution < -0.4 is 5.32 Å². The quantitative estimate of drug-likeness (QED) is 0.553. The Morgan fingerprint density at radius 2 is 1.78 bits per heavy atom. The number of anilines is 1. The lowest BCUT2D eigenvalue weighted by Crippen LogP contribution is -2.42. The van der Waals surface area contributed by atoms with E-state index in [1.54, 1.807) is 26.0 Å². The minimum Gasteiger partial charge on any atom is -0.506 e. The minimum atomic E-state index is -1.46. The van der Waals surface area contributed by atoms with Crippen molar-refractivity contribution in [1.29, 1.82) is 0 Å². The number of carbonyl (C=O) groups is 2. The first-order valence-corrected chi connectivity index (χ1v) is 5.80. The molecule has 0 radical (unpaired) electrons. The highest BCUT2D eigenvalue weighted by molar-refractivity contribution is 6.08. The number of carboxylic acids is 1. The number of aliphatic carboxylic acids is 1. The highest BCUT2D eigenvalue weighted by Gasteiger charge is 2.43. The van der Waals surface area contributed by atoms with Crippen LogP contribution >= 0.6 is 0 Å². The van der Waals surface area contributed by atoms with Crippen molar-refractivity contribution < 1.29 is 19.8 Å². The summed E-state index contributed by atoms with van der Waals surface area (Å²) >= 11 is 0. The molecule has 1 aromatic rings. The first-order chi connectivity index (χ1) is 8.47. The third-order valence-corrected chi connectivity index (χ3v) is 3.20. The molecule has 98 valence electrons. The van der Waals surface area contributed by atoms with Crippen LogP contribution in [0.2, 0.25) is 0 Å². The third-order valence-electron chi connectivity index (χ3n) is 3.20. The Kier molecular flexibility index (Phi) is 4.31. The second-order valence-electron chi connectivity index (χ2n) is 4.07. The maximum absolute atomic E-state index is 12.1. The van der Waals surface area contributed by atoms with E-state index in [1.165, 1.54) is 12.1 Å². The van der Waals surface area contributed by atoms with Gasteiger partial charge >= 0.3 is 5.97 Å². The summed E-state index contributed by atoms with van der Waals surface area (Å²) in [7, 11) is 0. The SMILES string of the molecule is CCC(CC)(C(=O)O)C(=O)Nc1ccccc1O. The molecular weight excluding hydrogens is 234 g/mol. The zero-order valence-electron chi connectivity index (χ0n) is 10.4. The van der Waals surface area contributed by atoms with Crippen LogP contribution in [-0.4, -0.2) is 22.1 Å². The van der Waals surface area contributed by atoms with E-state index in [4.69, 9.17) is 0 Å². The number of para-hydroxylation sites is 2. The number of nitrogens with one attached hydrogen (secondary N) is 1. The number of carbonyl (C=O) groups excluding carboxylic acids is 1. The Balaban J connectivity index is 3.00. The standard InChI is InChI=1S/C13H17NO4/c1-3-13(4-2,12(17)18)11(16)14-9-7-5-6-8-10(9)15/h5-8,15H,3-4H2,1-2H3,(H,14,16)(H,17,18).